The zero-order valence-corrected chi connectivity index (χ0v) is 20.6. The van der Waals surface area contributed by atoms with Crippen molar-refractivity contribution in [1.29, 1.82) is 0 Å². The molecule has 0 aliphatic carbocycles. The van der Waals surface area contributed by atoms with Crippen LogP contribution in [0.2, 0.25) is 0 Å². The molecular weight excluding hydrogens is 409 g/mol. The quantitative estimate of drug-likeness (QED) is 0.157. The Kier molecular flexibility index (Phi) is 20.5. The summed E-state index contributed by atoms with van der Waals surface area (Å²) in [4.78, 5) is 20.9. The van der Waals surface area contributed by atoms with Gasteiger partial charge in [0.05, 0.1) is 40.3 Å². The van der Waals surface area contributed by atoms with Crippen LogP contribution in [-0.2, 0) is 18.6 Å². The molecule has 0 saturated carbocycles. The van der Waals surface area contributed by atoms with E-state index in [-0.39, 0.29) is 18.0 Å². The number of hydrogen-bond acceptors (Lipinski definition) is 6. The van der Waals surface area contributed by atoms with Gasteiger partial charge in [-0.25, -0.2) is 0 Å². The normalized spacial score (nSPS) is 14.7. The molecule has 30 heavy (non-hydrogen) atoms. The topological polar surface area (TPSA) is 115 Å². The van der Waals surface area contributed by atoms with Gasteiger partial charge >= 0.3 is 14.6 Å². The second kappa shape index (κ2) is 19.4. The van der Waals surface area contributed by atoms with E-state index in [2.05, 4.69) is 13.8 Å². The summed E-state index contributed by atoms with van der Waals surface area (Å²) in [6.07, 6.45) is 10.1. The number of likely N-dealkylation sites (N-methyl/N-ethyl adjacent to an activating group) is 1. The summed E-state index contributed by atoms with van der Waals surface area (Å²) in [6.45, 7) is 5.91. The highest BCUT2D eigenvalue weighted by atomic mass is 31.2. The molecule has 2 unspecified atom stereocenters. The maximum absolute atomic E-state index is 11.0. The summed E-state index contributed by atoms with van der Waals surface area (Å²) < 4.78 is 17.1. The first kappa shape index (κ1) is 31.8. The van der Waals surface area contributed by atoms with Crippen LogP contribution in [0.5, 0.6) is 0 Å². The first-order chi connectivity index (χ1) is 13.6. The lowest BCUT2D eigenvalue weighted by molar-refractivity contribution is -0.873. The third kappa shape index (κ3) is 22.3. The SMILES string of the molecule is CCCCCCCCC(C)OCCCCO[P@](O)OC(CC(=O)O)C[N+](C)(C)C.[OH-]. The second-order valence-electron chi connectivity index (χ2n) is 8.81. The van der Waals surface area contributed by atoms with Crippen LogP contribution in [-0.4, -0.2) is 79.0 Å². The molecule has 0 spiro atoms. The number of ether oxygens (including phenoxy) is 1. The Bertz CT molecular complexity index is 407. The van der Waals surface area contributed by atoms with Gasteiger partial charge in [-0.1, -0.05) is 45.4 Å². The number of carbonyl (C=O) groups is 1. The first-order valence-corrected chi connectivity index (χ1v) is 12.2. The van der Waals surface area contributed by atoms with Gasteiger partial charge in [-0.15, -0.1) is 0 Å². The van der Waals surface area contributed by atoms with Gasteiger partial charge in [0.2, 0.25) is 0 Å². The molecule has 0 aromatic heterocycles. The molecule has 0 aliphatic rings. The van der Waals surface area contributed by atoms with Crippen LogP contribution in [0.25, 0.3) is 0 Å². The van der Waals surface area contributed by atoms with Gasteiger partial charge in [0, 0.05) is 6.61 Å². The van der Waals surface area contributed by atoms with E-state index in [1.54, 1.807) is 0 Å². The number of unbranched alkanes of at least 4 members (excludes halogenated alkanes) is 6. The van der Waals surface area contributed by atoms with E-state index in [0.29, 0.717) is 24.2 Å². The number of rotatable bonds is 20. The van der Waals surface area contributed by atoms with Gasteiger partial charge in [0.25, 0.3) is 0 Å². The van der Waals surface area contributed by atoms with Crippen molar-refractivity contribution in [1.82, 2.24) is 0 Å². The van der Waals surface area contributed by atoms with E-state index >= 15 is 0 Å². The van der Waals surface area contributed by atoms with Crippen molar-refractivity contribution >= 4 is 14.6 Å². The Balaban J connectivity index is 0. The molecule has 0 aliphatic heterocycles. The fraction of sp³-hybridized carbons (Fsp3) is 0.952. The van der Waals surface area contributed by atoms with Crippen molar-refractivity contribution in [2.45, 2.75) is 90.3 Å². The highest BCUT2D eigenvalue weighted by Gasteiger charge is 2.25. The molecule has 0 rings (SSSR count). The number of aliphatic carboxylic acids is 1. The second-order valence-corrected chi connectivity index (χ2v) is 9.76. The van der Waals surface area contributed by atoms with Crippen molar-refractivity contribution in [3.63, 3.8) is 0 Å². The molecule has 0 aromatic rings. The Hall–Kier alpha value is -0.340. The number of nitrogens with zero attached hydrogens (tertiary/aromatic N) is 1. The monoisotopic (exact) mass is 455 g/mol. The molecule has 0 radical (unpaired) electrons. The molecule has 9 heteroatoms. The molecule has 0 saturated heterocycles. The first-order valence-electron chi connectivity index (χ1n) is 11.1. The van der Waals surface area contributed by atoms with E-state index in [1.165, 1.54) is 38.5 Å². The molecule has 3 N–H and O–H groups in total. The predicted octanol–water partition coefficient (Wildman–Crippen LogP) is 4.55. The minimum Gasteiger partial charge on any atom is -0.870 e. The fourth-order valence-corrected chi connectivity index (χ4v) is 3.77. The molecule has 0 bridgehead atoms. The summed E-state index contributed by atoms with van der Waals surface area (Å²) in [5.74, 6) is -0.945. The van der Waals surface area contributed by atoms with Crippen molar-refractivity contribution in [3.05, 3.63) is 0 Å². The minimum atomic E-state index is -2.07. The van der Waals surface area contributed by atoms with E-state index in [9.17, 15) is 9.69 Å². The third-order valence-electron chi connectivity index (χ3n) is 4.50. The summed E-state index contributed by atoms with van der Waals surface area (Å²) in [6, 6.07) is 0. The molecule has 0 fully saturated rings. The summed E-state index contributed by atoms with van der Waals surface area (Å²) in [7, 11) is 3.79. The van der Waals surface area contributed by atoms with Crippen LogP contribution in [0.15, 0.2) is 0 Å². The number of quaternary nitrogens is 1. The van der Waals surface area contributed by atoms with Gasteiger partial charge in [-0.2, -0.15) is 0 Å². The van der Waals surface area contributed by atoms with Gasteiger partial charge in [0.15, 0.2) is 0 Å². The molecule has 3 atom stereocenters. The summed E-state index contributed by atoms with van der Waals surface area (Å²) in [5.41, 5.74) is 0. The zero-order valence-electron chi connectivity index (χ0n) is 19.7. The van der Waals surface area contributed by atoms with Crippen LogP contribution in [0.4, 0.5) is 0 Å². The van der Waals surface area contributed by atoms with E-state index < -0.39 is 20.7 Å². The Morgan fingerprint density at radius 1 is 1.00 bits per heavy atom. The highest BCUT2D eigenvalue weighted by Crippen LogP contribution is 2.35. The zero-order chi connectivity index (χ0) is 22.1. The summed E-state index contributed by atoms with van der Waals surface area (Å²) >= 11 is 0. The number of carboxylic acids is 1. The lowest BCUT2D eigenvalue weighted by Gasteiger charge is -2.29. The third-order valence-corrected chi connectivity index (χ3v) is 5.38. The molecule has 0 heterocycles. The smallest absolute Gasteiger partial charge is 0.330 e. The largest absolute Gasteiger partial charge is 0.870 e. The molecule has 182 valence electrons. The van der Waals surface area contributed by atoms with Gasteiger partial charge in [-0.05, 0) is 26.2 Å². The van der Waals surface area contributed by atoms with Crippen molar-refractivity contribution < 1.29 is 38.5 Å². The van der Waals surface area contributed by atoms with Gasteiger partial charge < -0.3 is 33.7 Å². The fourth-order valence-electron chi connectivity index (χ4n) is 3.03. The number of hydrogen-bond donors (Lipinski definition) is 2. The lowest BCUT2D eigenvalue weighted by atomic mass is 10.1. The van der Waals surface area contributed by atoms with Crippen LogP contribution >= 0.6 is 8.60 Å². The van der Waals surface area contributed by atoms with Crippen molar-refractivity contribution in [2.75, 3.05) is 40.9 Å². The number of carboxylic acid groups (broad SMARTS) is 1. The van der Waals surface area contributed by atoms with Crippen LogP contribution in [0.1, 0.15) is 78.1 Å². The van der Waals surface area contributed by atoms with Gasteiger partial charge in [0.1, 0.15) is 12.6 Å². The maximum atomic E-state index is 11.0. The average molecular weight is 456 g/mol. The highest BCUT2D eigenvalue weighted by molar-refractivity contribution is 7.40. The van der Waals surface area contributed by atoms with E-state index in [4.69, 9.17) is 18.9 Å². The Morgan fingerprint density at radius 2 is 1.60 bits per heavy atom. The van der Waals surface area contributed by atoms with Crippen LogP contribution in [0.3, 0.4) is 0 Å². The van der Waals surface area contributed by atoms with Crippen molar-refractivity contribution in [3.8, 4) is 0 Å². The standard InChI is InChI=1S/C21H44NO6P.H2O/c1-6-7-8-9-10-11-14-19(2)26-15-12-13-16-27-29(25)28-20(17-21(23)24)18-22(3,4)5;/h19-20,25H,6-18H2,1-5H3;1H2/t19?,20?,29-;/m0./s1. The lowest BCUT2D eigenvalue weighted by Crippen LogP contribution is -2.42. The van der Waals surface area contributed by atoms with Crippen LogP contribution in [0, 0.1) is 0 Å². The molecule has 0 aromatic carbocycles. The Morgan fingerprint density at radius 3 is 2.20 bits per heavy atom. The molecular formula is C21H46NO7P. The summed E-state index contributed by atoms with van der Waals surface area (Å²) in [5, 5.41) is 9.00. The van der Waals surface area contributed by atoms with Crippen molar-refractivity contribution in [2.24, 2.45) is 0 Å². The van der Waals surface area contributed by atoms with E-state index in [0.717, 1.165) is 19.3 Å². The van der Waals surface area contributed by atoms with Crippen LogP contribution < -0.4 is 0 Å². The molecule has 0 amide bonds. The molecule has 8 nitrogen and oxygen atoms in total. The Labute approximate surface area is 184 Å². The maximum Gasteiger partial charge on any atom is 0.330 e. The average Bonchev–Trinajstić information content (AvgIpc) is 2.58. The van der Waals surface area contributed by atoms with E-state index in [1.807, 2.05) is 21.1 Å². The minimum absolute atomic E-state index is 0. The van der Waals surface area contributed by atoms with Gasteiger partial charge in [-0.3, -0.25) is 4.79 Å². The predicted molar refractivity (Wildman–Crippen MR) is 120 cm³/mol.